The molecule has 0 unspecified atom stereocenters. The second kappa shape index (κ2) is 2.94. The lowest BCUT2D eigenvalue weighted by atomic mass is 10.4. The third-order valence-electron chi connectivity index (χ3n) is 0.823. The van der Waals surface area contributed by atoms with E-state index in [0.29, 0.717) is 5.02 Å². The van der Waals surface area contributed by atoms with Gasteiger partial charge in [-0.05, 0) is 17.7 Å². The van der Waals surface area contributed by atoms with Gasteiger partial charge in [-0.3, -0.25) is 4.79 Å². The summed E-state index contributed by atoms with van der Waals surface area (Å²) in [6.45, 7) is 0. The molecule has 0 aliphatic carbocycles. The second-order valence-electron chi connectivity index (χ2n) is 1.53. The average molecular weight is 177 g/mol. The van der Waals surface area contributed by atoms with E-state index in [9.17, 15) is 4.79 Å². The van der Waals surface area contributed by atoms with E-state index >= 15 is 0 Å². The lowest BCUT2D eigenvalue weighted by Crippen LogP contribution is -1.94. The molecule has 0 radical (unpaired) electrons. The Morgan fingerprint density at radius 2 is 2.30 bits per heavy atom. The number of rotatable bonds is 1. The number of hydrogen-bond donors (Lipinski definition) is 0. The largest absolute Gasteiger partial charge is 0.274 e. The number of hydrogen-bond acceptors (Lipinski definition) is 3. The van der Waals surface area contributed by atoms with E-state index in [4.69, 9.17) is 23.2 Å². The van der Waals surface area contributed by atoms with Crippen molar-refractivity contribution in [2.75, 3.05) is 0 Å². The molecule has 5 heteroatoms. The first kappa shape index (κ1) is 7.44. The summed E-state index contributed by atoms with van der Waals surface area (Å²) in [6, 6.07) is 1.35. The van der Waals surface area contributed by atoms with Crippen LogP contribution < -0.4 is 0 Å². The summed E-state index contributed by atoms with van der Waals surface area (Å²) >= 11 is 10.6. The van der Waals surface area contributed by atoms with Crippen LogP contribution in [-0.4, -0.2) is 15.4 Å². The Balaban J connectivity index is 3.07. The van der Waals surface area contributed by atoms with Gasteiger partial charge in [0.2, 0.25) is 0 Å². The molecule has 0 atom stereocenters. The van der Waals surface area contributed by atoms with Crippen molar-refractivity contribution in [2.24, 2.45) is 0 Å². The minimum Gasteiger partial charge on any atom is -0.274 e. The molecule has 3 nitrogen and oxygen atoms in total. The van der Waals surface area contributed by atoms with E-state index in [1.54, 1.807) is 0 Å². The van der Waals surface area contributed by atoms with Crippen LogP contribution in [0.5, 0.6) is 0 Å². The number of aromatic nitrogens is 2. The number of carbonyl (C=O) groups is 1. The maximum atomic E-state index is 10.4. The molecule has 0 saturated heterocycles. The molecule has 1 aromatic rings. The van der Waals surface area contributed by atoms with Crippen molar-refractivity contribution in [2.45, 2.75) is 0 Å². The smallest absolute Gasteiger partial charge is 0.272 e. The van der Waals surface area contributed by atoms with Crippen LogP contribution in [0.1, 0.15) is 10.5 Å². The van der Waals surface area contributed by atoms with Gasteiger partial charge < -0.3 is 0 Å². The fraction of sp³-hybridized carbons (Fsp3) is 0. The fourth-order valence-electron chi connectivity index (χ4n) is 0.439. The Bertz CT molecular complexity index is 264. The second-order valence-corrected chi connectivity index (χ2v) is 2.31. The molecule has 1 aromatic heterocycles. The SMILES string of the molecule is O=C(Cl)c1cc(Cl)cnn1. The Labute approximate surface area is 67.0 Å². The maximum absolute atomic E-state index is 10.4. The summed E-state index contributed by atoms with van der Waals surface area (Å²) in [7, 11) is 0. The van der Waals surface area contributed by atoms with Gasteiger partial charge in [0.15, 0.2) is 0 Å². The molecule has 0 fully saturated rings. The normalized spacial score (nSPS) is 9.40. The van der Waals surface area contributed by atoms with Gasteiger partial charge in [0, 0.05) is 0 Å². The highest BCUT2D eigenvalue weighted by atomic mass is 35.5. The zero-order valence-electron chi connectivity index (χ0n) is 4.71. The van der Waals surface area contributed by atoms with Crippen LogP contribution >= 0.6 is 23.2 Å². The zero-order chi connectivity index (χ0) is 7.56. The highest BCUT2D eigenvalue weighted by Crippen LogP contribution is 2.07. The molecule has 0 N–H and O–H groups in total. The molecule has 52 valence electrons. The van der Waals surface area contributed by atoms with Gasteiger partial charge in [0.05, 0.1) is 11.2 Å². The number of nitrogens with zero attached hydrogens (tertiary/aromatic N) is 2. The van der Waals surface area contributed by atoms with Crippen molar-refractivity contribution < 1.29 is 4.79 Å². The molecule has 0 saturated carbocycles. The summed E-state index contributed by atoms with van der Waals surface area (Å²) in [6.07, 6.45) is 1.32. The molecule has 0 aromatic carbocycles. The molecule has 10 heavy (non-hydrogen) atoms. The minimum atomic E-state index is -0.657. The molecule has 1 heterocycles. The molecule has 0 bridgehead atoms. The first-order valence-electron chi connectivity index (χ1n) is 2.38. The molecule has 1 rings (SSSR count). The van der Waals surface area contributed by atoms with Crippen LogP contribution in [0.25, 0.3) is 0 Å². The van der Waals surface area contributed by atoms with Gasteiger partial charge in [-0.1, -0.05) is 11.6 Å². The third-order valence-corrected chi connectivity index (χ3v) is 1.22. The van der Waals surface area contributed by atoms with Gasteiger partial charge in [0.1, 0.15) is 5.69 Å². The standard InChI is InChI=1S/C5H2Cl2N2O/c6-3-1-4(5(7)10)9-8-2-3/h1-2H. The monoisotopic (exact) mass is 176 g/mol. The van der Waals surface area contributed by atoms with Crippen molar-refractivity contribution in [3.63, 3.8) is 0 Å². The highest BCUT2D eigenvalue weighted by Gasteiger charge is 2.02. The lowest BCUT2D eigenvalue weighted by molar-refractivity contribution is 0.107. The molecular formula is C5H2Cl2N2O. The quantitative estimate of drug-likeness (QED) is 0.610. The average Bonchev–Trinajstić information content (AvgIpc) is 1.88. The summed E-state index contributed by atoms with van der Waals surface area (Å²) < 4.78 is 0. The van der Waals surface area contributed by atoms with Crippen LogP contribution in [0.15, 0.2) is 12.3 Å². The van der Waals surface area contributed by atoms with E-state index in [2.05, 4.69) is 10.2 Å². The topological polar surface area (TPSA) is 42.9 Å². The number of carbonyl (C=O) groups excluding carboxylic acids is 1. The Morgan fingerprint density at radius 1 is 1.60 bits per heavy atom. The molecule has 0 aliphatic heterocycles. The molecule has 0 amide bonds. The van der Waals surface area contributed by atoms with Crippen molar-refractivity contribution >= 4 is 28.4 Å². The lowest BCUT2D eigenvalue weighted by Gasteiger charge is -1.89. The van der Waals surface area contributed by atoms with E-state index in [0.717, 1.165) is 0 Å². The molecule has 0 spiro atoms. The number of halogens is 2. The Morgan fingerprint density at radius 3 is 2.70 bits per heavy atom. The van der Waals surface area contributed by atoms with Gasteiger partial charge in [0.25, 0.3) is 5.24 Å². The van der Waals surface area contributed by atoms with Crippen molar-refractivity contribution in [3.05, 3.63) is 23.0 Å². The third kappa shape index (κ3) is 1.65. The van der Waals surface area contributed by atoms with Gasteiger partial charge in [-0.15, -0.1) is 5.10 Å². The van der Waals surface area contributed by atoms with E-state index in [1.165, 1.54) is 12.3 Å². The fourth-order valence-corrected chi connectivity index (χ4v) is 0.678. The van der Waals surface area contributed by atoms with Gasteiger partial charge >= 0.3 is 0 Å². The summed E-state index contributed by atoms with van der Waals surface area (Å²) in [5.41, 5.74) is 0.0640. The maximum Gasteiger partial charge on any atom is 0.272 e. The van der Waals surface area contributed by atoms with Crippen LogP contribution in [-0.2, 0) is 0 Å². The van der Waals surface area contributed by atoms with Crippen LogP contribution in [0.2, 0.25) is 5.02 Å². The van der Waals surface area contributed by atoms with Crippen molar-refractivity contribution in [1.29, 1.82) is 0 Å². The van der Waals surface area contributed by atoms with Crippen molar-refractivity contribution in [1.82, 2.24) is 10.2 Å². The summed E-state index contributed by atoms with van der Waals surface area (Å²) in [5.74, 6) is 0. The van der Waals surface area contributed by atoms with E-state index in [1.807, 2.05) is 0 Å². The highest BCUT2D eigenvalue weighted by molar-refractivity contribution is 6.67. The van der Waals surface area contributed by atoms with Crippen LogP contribution in [0.3, 0.4) is 0 Å². The molecule has 0 aliphatic rings. The van der Waals surface area contributed by atoms with Crippen molar-refractivity contribution in [3.8, 4) is 0 Å². The van der Waals surface area contributed by atoms with E-state index in [-0.39, 0.29) is 5.69 Å². The summed E-state index contributed by atoms with van der Waals surface area (Å²) in [4.78, 5) is 10.4. The molecular weight excluding hydrogens is 175 g/mol. The van der Waals surface area contributed by atoms with Crippen LogP contribution in [0, 0.1) is 0 Å². The minimum absolute atomic E-state index is 0.0640. The van der Waals surface area contributed by atoms with E-state index < -0.39 is 5.24 Å². The van der Waals surface area contributed by atoms with Crippen LogP contribution in [0.4, 0.5) is 0 Å². The Kier molecular flexibility index (Phi) is 2.19. The summed E-state index contributed by atoms with van der Waals surface area (Å²) in [5, 5.41) is 6.53. The predicted octanol–water partition coefficient (Wildman–Crippen LogP) is 1.51. The van der Waals surface area contributed by atoms with Gasteiger partial charge in [-0.2, -0.15) is 5.10 Å². The first-order valence-corrected chi connectivity index (χ1v) is 3.14. The van der Waals surface area contributed by atoms with Gasteiger partial charge in [-0.25, -0.2) is 0 Å². The predicted molar refractivity (Wildman–Crippen MR) is 37.2 cm³/mol. The zero-order valence-corrected chi connectivity index (χ0v) is 6.23. The first-order chi connectivity index (χ1) is 4.70. The Hall–Kier alpha value is -0.670.